The lowest BCUT2D eigenvalue weighted by atomic mass is 10.0. The van der Waals surface area contributed by atoms with E-state index in [1.807, 2.05) is 34.6 Å². The minimum Gasteiger partial charge on any atom is -0.394 e. The van der Waals surface area contributed by atoms with Crippen LogP contribution in [0.25, 0.3) is 0 Å². The van der Waals surface area contributed by atoms with Gasteiger partial charge in [0.15, 0.2) is 11.6 Å². The third kappa shape index (κ3) is 8.52. The van der Waals surface area contributed by atoms with Crippen molar-refractivity contribution >= 4 is 11.6 Å². The maximum atomic E-state index is 11.1. The van der Waals surface area contributed by atoms with E-state index in [0.29, 0.717) is 6.42 Å². The van der Waals surface area contributed by atoms with Crippen LogP contribution in [0.5, 0.6) is 0 Å². The van der Waals surface area contributed by atoms with Crippen LogP contribution >= 0.6 is 0 Å². The van der Waals surface area contributed by atoms with E-state index in [2.05, 4.69) is 0 Å². The minimum absolute atomic E-state index is 0. The first kappa shape index (κ1) is 35.3. The van der Waals surface area contributed by atoms with Crippen molar-refractivity contribution in [2.75, 3.05) is 19.8 Å². The molecule has 0 amide bonds. The van der Waals surface area contributed by atoms with E-state index in [1.54, 1.807) is 0 Å². The Kier molecular flexibility index (Phi) is 12.0. The Morgan fingerprint density at radius 3 is 1.40 bits per heavy atom. The molecule has 0 aromatic heterocycles. The fraction of sp³-hybridized carbons (Fsp3) is 0.929. The molecular weight excluding hydrogens is 560 g/mol. The van der Waals surface area contributed by atoms with Crippen LogP contribution < -0.4 is 0 Å². The number of rotatable bonds is 7. The Morgan fingerprint density at radius 1 is 0.595 bits per heavy atom. The molecule has 12 unspecified atom stereocenters. The van der Waals surface area contributed by atoms with Gasteiger partial charge in [-0.2, -0.15) is 0 Å². The van der Waals surface area contributed by atoms with Gasteiger partial charge in [-0.05, 0) is 48.5 Å². The molecule has 42 heavy (non-hydrogen) atoms. The van der Waals surface area contributed by atoms with Crippen molar-refractivity contribution in [1.29, 1.82) is 0 Å². The second-order valence-corrected chi connectivity index (χ2v) is 12.3. The molecule has 244 valence electrons. The third-order valence-corrected chi connectivity index (χ3v) is 7.61. The zero-order chi connectivity index (χ0) is 31.6. The van der Waals surface area contributed by atoms with Gasteiger partial charge in [0.2, 0.25) is 0 Å². The van der Waals surface area contributed by atoms with Crippen LogP contribution in [0.1, 0.15) is 62.7 Å². The Balaban J connectivity index is 0.000000224. The molecule has 0 aromatic carbocycles. The molecule has 14 nitrogen and oxygen atoms in total. The molecule has 5 saturated heterocycles. The van der Waals surface area contributed by atoms with Gasteiger partial charge in [-0.1, -0.05) is 0 Å². The molecule has 5 aliphatic heterocycles. The van der Waals surface area contributed by atoms with Gasteiger partial charge in [0.1, 0.15) is 66.5 Å². The molecule has 0 spiro atoms. The summed E-state index contributed by atoms with van der Waals surface area (Å²) in [6.07, 6.45) is -4.89. The first-order valence-electron chi connectivity index (χ1n) is 14.4. The van der Waals surface area contributed by atoms with Crippen LogP contribution in [-0.4, -0.2) is 142 Å². The van der Waals surface area contributed by atoms with Crippen molar-refractivity contribution in [3.8, 4) is 0 Å². The van der Waals surface area contributed by atoms with Gasteiger partial charge < -0.3 is 58.7 Å². The average Bonchev–Trinajstić information content (AvgIpc) is 3.63. The summed E-state index contributed by atoms with van der Waals surface area (Å²) >= 11 is 0. The van der Waals surface area contributed by atoms with Crippen molar-refractivity contribution in [3.05, 3.63) is 0 Å². The number of aliphatic hydroxyl groups is 5. The quantitative estimate of drug-likeness (QED) is 0.238. The molecule has 5 heterocycles. The predicted molar refractivity (Wildman–Crippen MR) is 144 cm³/mol. The molecule has 0 aromatic rings. The maximum absolute atomic E-state index is 11.1. The minimum atomic E-state index is -1.10. The smallest absolute Gasteiger partial charge is 0.394 e. The fourth-order valence-electron chi connectivity index (χ4n) is 5.84. The van der Waals surface area contributed by atoms with E-state index in [4.69, 9.17) is 43.4 Å². The van der Waals surface area contributed by atoms with Gasteiger partial charge in [0.05, 0.1) is 38.1 Å². The molecule has 5 rings (SSSR count). The maximum Gasteiger partial charge on any atom is 1.00 e. The molecule has 12 atom stereocenters. The number of hydrogen-bond donors (Lipinski definition) is 5. The molecule has 0 aliphatic carbocycles. The summed E-state index contributed by atoms with van der Waals surface area (Å²) in [4.78, 5) is 21.8. The van der Waals surface area contributed by atoms with E-state index < -0.39 is 42.1 Å². The van der Waals surface area contributed by atoms with Gasteiger partial charge in [0, 0.05) is 12.8 Å². The largest absolute Gasteiger partial charge is 1.00 e. The second kappa shape index (κ2) is 14.3. The van der Waals surface area contributed by atoms with Crippen molar-refractivity contribution in [2.45, 2.75) is 146 Å². The Labute approximate surface area is 247 Å². The highest BCUT2D eigenvalue weighted by atomic mass is 16.8. The number of fused-ring (bicyclic) bond motifs is 2. The normalized spacial score (nSPS) is 42.7. The fourth-order valence-corrected chi connectivity index (χ4v) is 5.84. The van der Waals surface area contributed by atoms with Crippen LogP contribution in [0.2, 0.25) is 0 Å². The van der Waals surface area contributed by atoms with Crippen LogP contribution in [0.4, 0.5) is 0 Å². The lowest BCUT2D eigenvalue weighted by molar-refractivity contribution is -0.191. The van der Waals surface area contributed by atoms with Gasteiger partial charge in [0.25, 0.3) is 0 Å². The SMILES string of the molecule is CC(=O)CC1OC(CO)C(O)C1O.CC(=O)CC1OC(CO)C2OC(C)(C)OC12.CC1OC(CO)C2OC(C)(C)OC12.[H+]. The summed E-state index contributed by atoms with van der Waals surface area (Å²) in [5, 5.41) is 45.6. The van der Waals surface area contributed by atoms with E-state index >= 15 is 0 Å². The van der Waals surface area contributed by atoms with Gasteiger partial charge >= 0.3 is 1.43 Å². The first-order valence-corrected chi connectivity index (χ1v) is 14.4. The van der Waals surface area contributed by atoms with E-state index in [1.165, 1.54) is 13.8 Å². The number of ether oxygens (including phenoxy) is 7. The van der Waals surface area contributed by atoms with Crippen LogP contribution in [-0.2, 0) is 42.7 Å². The van der Waals surface area contributed by atoms with Crippen molar-refractivity contribution in [1.82, 2.24) is 0 Å². The Hall–Kier alpha value is -1.14. The average molecular weight is 610 g/mol. The van der Waals surface area contributed by atoms with Crippen LogP contribution in [0, 0.1) is 0 Å². The highest BCUT2D eigenvalue weighted by molar-refractivity contribution is 5.76. The highest BCUT2D eigenvalue weighted by Crippen LogP contribution is 2.40. The predicted octanol–water partition coefficient (Wildman–Crippen LogP) is -0.909. The summed E-state index contributed by atoms with van der Waals surface area (Å²) < 4.78 is 38.8. The summed E-state index contributed by atoms with van der Waals surface area (Å²) in [5.74, 6) is -1.27. The molecule has 0 bridgehead atoms. The van der Waals surface area contributed by atoms with Crippen molar-refractivity contribution < 1.29 is 69.7 Å². The second-order valence-electron chi connectivity index (χ2n) is 12.3. The standard InChI is InChI=1S/C11H18O5.C9H16O4.C8H14O5/c1-6(13)4-7-9-10(8(5-12)14-7)16-11(2,3)15-9;1-5-7-8(6(4-10)11-5)13-9(2,3)12-7;1-4(10)2-5-7(11)8(12)6(3-9)13-5/h7-10,12H,4-5H2,1-3H3;5-8,10H,4H2,1-3H3;5-9,11-12H,2-3H2,1H3/p+1. The molecule has 0 saturated carbocycles. The lowest BCUT2D eigenvalue weighted by Gasteiger charge is -2.23. The van der Waals surface area contributed by atoms with Crippen LogP contribution in [0.15, 0.2) is 0 Å². The summed E-state index contributed by atoms with van der Waals surface area (Å²) in [6.45, 7) is 11.8. The third-order valence-electron chi connectivity index (χ3n) is 7.61. The highest BCUT2D eigenvalue weighted by Gasteiger charge is 2.55. The van der Waals surface area contributed by atoms with E-state index in [9.17, 15) is 24.9 Å². The summed E-state index contributed by atoms with van der Waals surface area (Å²) in [5.41, 5.74) is 0. The number of hydrogen-bond acceptors (Lipinski definition) is 14. The number of Topliss-reactive ketones (excluding diaryl/α,β-unsaturated/α-hetero) is 2. The molecular formula is C28H49O14+. The molecule has 5 N–H and O–H groups in total. The number of carbonyl (C=O) groups is 2. The van der Waals surface area contributed by atoms with Gasteiger partial charge in [-0.25, -0.2) is 0 Å². The Bertz CT molecular complexity index is 918. The first-order chi connectivity index (χ1) is 19.5. The molecule has 14 heteroatoms. The van der Waals surface area contributed by atoms with Crippen LogP contribution in [0.3, 0.4) is 0 Å². The zero-order valence-corrected chi connectivity index (χ0v) is 25.4. The van der Waals surface area contributed by atoms with Crippen molar-refractivity contribution in [2.24, 2.45) is 0 Å². The lowest BCUT2D eigenvalue weighted by Crippen LogP contribution is -2.34. The number of carbonyl (C=O) groups excluding carboxylic acids is 2. The monoisotopic (exact) mass is 609 g/mol. The van der Waals surface area contributed by atoms with Crippen molar-refractivity contribution in [3.63, 3.8) is 0 Å². The molecule has 0 radical (unpaired) electrons. The zero-order valence-electron chi connectivity index (χ0n) is 26.4. The Morgan fingerprint density at radius 2 is 0.952 bits per heavy atom. The van der Waals surface area contributed by atoms with Gasteiger partial charge in [-0.15, -0.1) is 0 Å². The topological polar surface area (TPSA) is 200 Å². The number of ketones is 2. The molecule has 5 fully saturated rings. The van der Waals surface area contributed by atoms with E-state index in [-0.39, 0.29) is 82.0 Å². The number of aliphatic hydroxyl groups excluding tert-OH is 5. The molecule has 5 aliphatic rings. The summed E-state index contributed by atoms with van der Waals surface area (Å²) in [6, 6.07) is 0. The van der Waals surface area contributed by atoms with Gasteiger partial charge in [-0.3, -0.25) is 9.59 Å². The van der Waals surface area contributed by atoms with E-state index in [0.717, 1.165) is 0 Å². The summed E-state index contributed by atoms with van der Waals surface area (Å²) in [7, 11) is 0.